The molecule has 7 heteroatoms. The number of amidine groups is 1. The Hall–Kier alpha value is -2.28. The van der Waals surface area contributed by atoms with Gasteiger partial charge >= 0.3 is 0 Å². The normalized spacial score (nSPS) is 11.3. The molecular formula is C12H18N4O3. The number of carbonyl (C=O) groups excluding carboxylic acids is 1. The van der Waals surface area contributed by atoms with Gasteiger partial charge in [-0.3, -0.25) is 4.79 Å². The number of rotatable bonds is 7. The van der Waals surface area contributed by atoms with Crippen LogP contribution in [0.4, 0.5) is 0 Å². The lowest BCUT2D eigenvalue weighted by molar-refractivity contribution is -0.117. The van der Waals surface area contributed by atoms with E-state index in [4.69, 9.17) is 21.4 Å². The summed E-state index contributed by atoms with van der Waals surface area (Å²) in [7, 11) is 1.51. The minimum absolute atomic E-state index is 0.00918. The van der Waals surface area contributed by atoms with E-state index >= 15 is 0 Å². The predicted octanol–water partition coefficient (Wildman–Crippen LogP) is -0.245. The van der Waals surface area contributed by atoms with Crippen molar-refractivity contribution in [1.29, 1.82) is 0 Å². The Balaban J connectivity index is 2.69. The number of ether oxygens (including phenoxy) is 1. The van der Waals surface area contributed by atoms with E-state index < -0.39 is 0 Å². The lowest BCUT2D eigenvalue weighted by Crippen LogP contribution is -2.21. The molecule has 0 unspecified atom stereocenters. The summed E-state index contributed by atoms with van der Waals surface area (Å²) in [5.74, 6) is 0.168. The number of amides is 1. The zero-order chi connectivity index (χ0) is 14.3. The number of nitrogens with one attached hydrogen (secondary N) is 1. The van der Waals surface area contributed by atoms with E-state index in [1.807, 2.05) is 6.07 Å². The van der Waals surface area contributed by atoms with Crippen molar-refractivity contribution >= 4 is 11.7 Å². The van der Waals surface area contributed by atoms with Gasteiger partial charge in [0, 0.05) is 19.5 Å². The van der Waals surface area contributed by atoms with Crippen molar-refractivity contribution in [1.82, 2.24) is 5.32 Å². The second-order valence-corrected chi connectivity index (χ2v) is 3.91. The summed E-state index contributed by atoms with van der Waals surface area (Å²) in [6.45, 7) is 1.08. The van der Waals surface area contributed by atoms with Crippen LogP contribution in [0.15, 0.2) is 23.4 Å². The smallest absolute Gasteiger partial charge is 0.218 e. The first-order chi connectivity index (χ1) is 9.08. The average molecular weight is 266 g/mol. The maximum atomic E-state index is 10.6. The van der Waals surface area contributed by atoms with E-state index in [1.54, 1.807) is 12.1 Å². The van der Waals surface area contributed by atoms with Crippen molar-refractivity contribution in [3.8, 4) is 5.75 Å². The average Bonchev–Trinajstić information content (AvgIpc) is 2.42. The number of nitrogens with zero attached hydrogens (tertiary/aromatic N) is 1. The predicted molar refractivity (Wildman–Crippen MR) is 71.0 cm³/mol. The number of carbonyl (C=O) groups is 1. The largest absolute Gasteiger partial charge is 0.496 e. The van der Waals surface area contributed by atoms with E-state index in [-0.39, 0.29) is 11.7 Å². The Bertz CT molecular complexity index is 474. The highest BCUT2D eigenvalue weighted by molar-refractivity contribution is 5.99. The Kier molecular flexibility index (Phi) is 5.62. The first-order valence-electron chi connectivity index (χ1n) is 5.72. The molecule has 0 aliphatic heterocycles. The first-order valence-corrected chi connectivity index (χ1v) is 5.72. The Morgan fingerprint density at radius 3 is 2.79 bits per heavy atom. The van der Waals surface area contributed by atoms with Crippen molar-refractivity contribution < 1.29 is 14.7 Å². The number of methoxy groups -OCH3 is 1. The van der Waals surface area contributed by atoms with Crippen LogP contribution < -0.4 is 21.5 Å². The van der Waals surface area contributed by atoms with E-state index in [0.29, 0.717) is 30.8 Å². The maximum Gasteiger partial charge on any atom is 0.218 e. The summed E-state index contributed by atoms with van der Waals surface area (Å²) in [5, 5.41) is 14.7. The molecule has 6 N–H and O–H groups in total. The van der Waals surface area contributed by atoms with Gasteiger partial charge in [0.1, 0.15) is 5.75 Å². The molecule has 0 spiro atoms. The number of benzene rings is 1. The van der Waals surface area contributed by atoms with Gasteiger partial charge in [-0.25, -0.2) is 0 Å². The fraction of sp³-hybridized carbons (Fsp3) is 0.333. The van der Waals surface area contributed by atoms with Crippen LogP contribution >= 0.6 is 0 Å². The topological polar surface area (TPSA) is 123 Å². The van der Waals surface area contributed by atoms with Crippen molar-refractivity contribution in [2.24, 2.45) is 16.6 Å². The summed E-state index contributed by atoms with van der Waals surface area (Å²) >= 11 is 0. The molecule has 19 heavy (non-hydrogen) atoms. The number of primary amides is 1. The molecule has 0 bridgehead atoms. The molecule has 0 aliphatic rings. The number of hydrogen-bond donors (Lipinski definition) is 4. The molecule has 0 saturated carbocycles. The molecule has 0 aromatic heterocycles. The molecular weight excluding hydrogens is 248 g/mol. The molecule has 1 rings (SSSR count). The van der Waals surface area contributed by atoms with Gasteiger partial charge in [-0.1, -0.05) is 11.2 Å². The third-order valence-corrected chi connectivity index (χ3v) is 2.53. The third-order valence-electron chi connectivity index (χ3n) is 2.53. The fourth-order valence-corrected chi connectivity index (χ4v) is 1.56. The highest BCUT2D eigenvalue weighted by Crippen LogP contribution is 2.19. The molecule has 1 aromatic carbocycles. The van der Waals surface area contributed by atoms with Gasteiger partial charge in [0.05, 0.1) is 12.7 Å². The SMILES string of the molecule is COc1cc(CNCCC(N)=O)ccc1/C(N)=N/O. The number of oxime groups is 1. The van der Waals surface area contributed by atoms with Crippen LogP contribution in [0.25, 0.3) is 0 Å². The number of nitrogens with two attached hydrogens (primary N) is 2. The summed E-state index contributed by atoms with van der Waals surface area (Å²) in [5.41, 5.74) is 12.0. The molecule has 104 valence electrons. The molecule has 7 nitrogen and oxygen atoms in total. The molecule has 0 radical (unpaired) electrons. The van der Waals surface area contributed by atoms with E-state index in [9.17, 15) is 4.79 Å². The van der Waals surface area contributed by atoms with E-state index in [2.05, 4.69) is 10.5 Å². The fourth-order valence-electron chi connectivity index (χ4n) is 1.56. The van der Waals surface area contributed by atoms with Crippen molar-refractivity contribution in [2.45, 2.75) is 13.0 Å². The maximum absolute atomic E-state index is 10.6. The van der Waals surface area contributed by atoms with Crippen molar-refractivity contribution in [2.75, 3.05) is 13.7 Å². The quantitative estimate of drug-likeness (QED) is 0.178. The van der Waals surface area contributed by atoms with Gasteiger partial charge in [0.25, 0.3) is 0 Å². The summed E-state index contributed by atoms with van der Waals surface area (Å²) in [6, 6.07) is 5.32. The van der Waals surface area contributed by atoms with Crippen LogP contribution in [-0.4, -0.2) is 30.6 Å². The summed E-state index contributed by atoms with van der Waals surface area (Å²) < 4.78 is 5.18. The third kappa shape index (κ3) is 4.47. The standard InChI is InChI=1S/C12H18N4O3/c1-19-10-6-8(7-15-5-4-11(13)17)2-3-9(10)12(14)16-18/h2-3,6,15,18H,4-5,7H2,1H3,(H2,13,17)(H2,14,16). The van der Waals surface area contributed by atoms with Crippen molar-refractivity contribution in [3.63, 3.8) is 0 Å². The van der Waals surface area contributed by atoms with Gasteiger partial charge < -0.3 is 26.7 Å². The summed E-state index contributed by atoms with van der Waals surface area (Å²) in [6.07, 6.45) is 0.291. The van der Waals surface area contributed by atoms with E-state index in [0.717, 1.165) is 5.56 Å². The van der Waals surface area contributed by atoms with Gasteiger partial charge in [0.15, 0.2) is 5.84 Å². The van der Waals surface area contributed by atoms with Gasteiger partial charge in [-0.15, -0.1) is 0 Å². The monoisotopic (exact) mass is 266 g/mol. The molecule has 0 fully saturated rings. The molecule has 1 amide bonds. The second-order valence-electron chi connectivity index (χ2n) is 3.91. The van der Waals surface area contributed by atoms with Crippen LogP contribution in [0.2, 0.25) is 0 Å². The second kappa shape index (κ2) is 7.22. The van der Waals surface area contributed by atoms with Gasteiger partial charge in [-0.2, -0.15) is 0 Å². The lowest BCUT2D eigenvalue weighted by Gasteiger charge is -2.10. The molecule has 1 aromatic rings. The minimum Gasteiger partial charge on any atom is -0.496 e. The Morgan fingerprint density at radius 1 is 1.47 bits per heavy atom. The highest BCUT2D eigenvalue weighted by atomic mass is 16.5. The highest BCUT2D eigenvalue weighted by Gasteiger charge is 2.08. The number of hydrogen-bond acceptors (Lipinski definition) is 5. The van der Waals surface area contributed by atoms with Crippen LogP contribution in [0.3, 0.4) is 0 Å². The molecule has 0 atom stereocenters. The van der Waals surface area contributed by atoms with Crippen molar-refractivity contribution in [3.05, 3.63) is 29.3 Å². The minimum atomic E-state index is -0.340. The van der Waals surface area contributed by atoms with Crippen LogP contribution in [0.5, 0.6) is 5.75 Å². The molecule has 0 heterocycles. The zero-order valence-electron chi connectivity index (χ0n) is 10.7. The molecule has 0 aliphatic carbocycles. The van der Waals surface area contributed by atoms with E-state index in [1.165, 1.54) is 7.11 Å². The Morgan fingerprint density at radius 2 is 2.21 bits per heavy atom. The van der Waals surface area contributed by atoms with Crippen LogP contribution in [0, 0.1) is 0 Å². The van der Waals surface area contributed by atoms with Gasteiger partial charge in [-0.05, 0) is 17.7 Å². The molecule has 0 saturated heterocycles. The van der Waals surface area contributed by atoms with Crippen LogP contribution in [0.1, 0.15) is 17.5 Å². The lowest BCUT2D eigenvalue weighted by atomic mass is 10.1. The zero-order valence-corrected chi connectivity index (χ0v) is 10.7. The Labute approximate surface area is 111 Å². The summed E-state index contributed by atoms with van der Waals surface area (Å²) in [4.78, 5) is 10.6. The van der Waals surface area contributed by atoms with Gasteiger partial charge in [0.2, 0.25) is 5.91 Å². The van der Waals surface area contributed by atoms with Crippen LogP contribution in [-0.2, 0) is 11.3 Å². The first kappa shape index (κ1) is 14.8.